The Morgan fingerprint density at radius 1 is 1.40 bits per heavy atom. The zero-order chi connectivity index (χ0) is 11.7. The van der Waals surface area contributed by atoms with Crippen molar-refractivity contribution in [1.82, 2.24) is 5.32 Å². The zero-order valence-corrected chi connectivity index (χ0v) is 9.42. The number of nitrogens with one attached hydrogen (secondary N) is 1. The maximum Gasteiger partial charge on any atom is 0.407 e. The van der Waals surface area contributed by atoms with Gasteiger partial charge in [0, 0.05) is 6.54 Å². The largest absolute Gasteiger partial charge is 0.444 e. The SMILES string of the molecule is CC(C)(C)OC(=O)NCC1(C(N)=O)CC1. The van der Waals surface area contributed by atoms with Crippen LogP contribution in [0.1, 0.15) is 33.6 Å². The summed E-state index contributed by atoms with van der Waals surface area (Å²) >= 11 is 0. The molecule has 1 rings (SSSR count). The summed E-state index contributed by atoms with van der Waals surface area (Å²) in [7, 11) is 0. The second-order valence-electron chi connectivity index (χ2n) is 5.00. The fourth-order valence-corrected chi connectivity index (χ4v) is 1.22. The van der Waals surface area contributed by atoms with E-state index in [1.807, 2.05) is 0 Å². The summed E-state index contributed by atoms with van der Waals surface area (Å²) in [5, 5.41) is 2.56. The molecule has 0 aromatic carbocycles. The predicted molar refractivity (Wildman–Crippen MR) is 55.1 cm³/mol. The third kappa shape index (κ3) is 3.42. The average Bonchev–Trinajstić information content (AvgIpc) is 2.77. The Bertz CT molecular complexity index is 277. The minimum atomic E-state index is -0.520. The second-order valence-corrected chi connectivity index (χ2v) is 5.00. The van der Waals surface area contributed by atoms with Gasteiger partial charge in [-0.3, -0.25) is 4.79 Å². The van der Waals surface area contributed by atoms with Gasteiger partial charge in [0.15, 0.2) is 0 Å². The van der Waals surface area contributed by atoms with Gasteiger partial charge in [-0.05, 0) is 33.6 Å². The highest BCUT2D eigenvalue weighted by Crippen LogP contribution is 2.44. The number of hydrogen-bond acceptors (Lipinski definition) is 3. The van der Waals surface area contributed by atoms with Crippen molar-refractivity contribution < 1.29 is 14.3 Å². The van der Waals surface area contributed by atoms with Gasteiger partial charge in [0.05, 0.1) is 5.41 Å². The van der Waals surface area contributed by atoms with Gasteiger partial charge in [0.2, 0.25) is 5.91 Å². The summed E-state index contributed by atoms with van der Waals surface area (Å²) in [6.07, 6.45) is 0.992. The summed E-state index contributed by atoms with van der Waals surface area (Å²) in [5.41, 5.74) is 4.18. The van der Waals surface area contributed by atoms with Crippen molar-refractivity contribution in [3.8, 4) is 0 Å². The Morgan fingerprint density at radius 2 is 1.93 bits per heavy atom. The number of primary amides is 1. The number of amides is 2. The van der Waals surface area contributed by atoms with E-state index in [0.29, 0.717) is 0 Å². The maximum atomic E-state index is 11.3. The van der Waals surface area contributed by atoms with Crippen LogP contribution in [0.25, 0.3) is 0 Å². The lowest BCUT2D eigenvalue weighted by atomic mass is 10.1. The molecule has 86 valence electrons. The first-order valence-corrected chi connectivity index (χ1v) is 5.02. The van der Waals surface area contributed by atoms with Gasteiger partial charge in [-0.15, -0.1) is 0 Å². The number of hydrogen-bond donors (Lipinski definition) is 2. The van der Waals surface area contributed by atoms with Crippen molar-refractivity contribution in [3.05, 3.63) is 0 Å². The Kier molecular flexibility index (Phi) is 2.93. The van der Waals surface area contributed by atoms with Gasteiger partial charge in [-0.25, -0.2) is 4.79 Å². The molecule has 0 aliphatic heterocycles. The maximum absolute atomic E-state index is 11.3. The minimum Gasteiger partial charge on any atom is -0.444 e. The van der Waals surface area contributed by atoms with Crippen LogP contribution in [0.3, 0.4) is 0 Å². The van der Waals surface area contributed by atoms with Gasteiger partial charge in [-0.1, -0.05) is 0 Å². The molecule has 5 heteroatoms. The molecule has 0 aromatic heterocycles. The van der Waals surface area contributed by atoms with E-state index in [1.54, 1.807) is 20.8 Å². The highest BCUT2D eigenvalue weighted by atomic mass is 16.6. The summed E-state index contributed by atoms with van der Waals surface area (Å²) in [6, 6.07) is 0. The monoisotopic (exact) mass is 214 g/mol. The van der Waals surface area contributed by atoms with Gasteiger partial charge in [0.25, 0.3) is 0 Å². The molecule has 0 atom stereocenters. The van der Waals surface area contributed by atoms with Crippen LogP contribution in [0.15, 0.2) is 0 Å². The second kappa shape index (κ2) is 3.72. The summed E-state index contributed by atoms with van der Waals surface area (Å²) in [6.45, 7) is 5.63. The molecule has 2 amide bonds. The van der Waals surface area contributed by atoms with Crippen LogP contribution in [0.5, 0.6) is 0 Å². The summed E-state index contributed by atoms with van der Waals surface area (Å²) in [4.78, 5) is 22.3. The lowest BCUT2D eigenvalue weighted by Gasteiger charge is -2.20. The van der Waals surface area contributed by atoms with Crippen molar-refractivity contribution in [3.63, 3.8) is 0 Å². The number of carbonyl (C=O) groups excluding carboxylic acids is 2. The van der Waals surface area contributed by atoms with E-state index < -0.39 is 17.1 Å². The third-order valence-corrected chi connectivity index (χ3v) is 2.35. The number of nitrogens with two attached hydrogens (primary N) is 1. The minimum absolute atomic E-state index is 0.275. The first kappa shape index (κ1) is 11.8. The molecule has 15 heavy (non-hydrogen) atoms. The molecule has 0 saturated heterocycles. The van der Waals surface area contributed by atoms with Gasteiger partial charge >= 0.3 is 6.09 Å². The first-order valence-electron chi connectivity index (χ1n) is 5.02. The number of carbonyl (C=O) groups is 2. The third-order valence-electron chi connectivity index (χ3n) is 2.35. The molecule has 0 bridgehead atoms. The fourth-order valence-electron chi connectivity index (χ4n) is 1.22. The van der Waals surface area contributed by atoms with E-state index in [0.717, 1.165) is 12.8 Å². The molecule has 5 nitrogen and oxygen atoms in total. The van der Waals surface area contributed by atoms with Crippen molar-refractivity contribution in [2.75, 3.05) is 6.54 Å². The first-order chi connectivity index (χ1) is 6.75. The van der Waals surface area contributed by atoms with Gasteiger partial charge in [0.1, 0.15) is 5.60 Å². The lowest BCUT2D eigenvalue weighted by molar-refractivity contribution is -0.122. The molecule has 1 aliphatic carbocycles. The molecule has 1 saturated carbocycles. The van der Waals surface area contributed by atoms with E-state index in [-0.39, 0.29) is 12.5 Å². The lowest BCUT2D eigenvalue weighted by Crippen LogP contribution is -2.40. The van der Waals surface area contributed by atoms with Crippen molar-refractivity contribution in [2.45, 2.75) is 39.2 Å². The molecule has 0 unspecified atom stereocenters. The van der Waals surface area contributed by atoms with Crippen LogP contribution in [0.4, 0.5) is 4.79 Å². The molecule has 1 aliphatic rings. The standard InChI is InChI=1S/C10H18N2O3/c1-9(2,3)15-8(14)12-6-10(4-5-10)7(11)13/h4-6H2,1-3H3,(H2,11,13)(H,12,14). The Balaban J connectivity index is 2.32. The topological polar surface area (TPSA) is 81.4 Å². The Morgan fingerprint density at radius 3 is 2.27 bits per heavy atom. The van der Waals surface area contributed by atoms with Crippen molar-refractivity contribution in [1.29, 1.82) is 0 Å². The van der Waals surface area contributed by atoms with E-state index in [2.05, 4.69) is 5.32 Å². The fraction of sp³-hybridized carbons (Fsp3) is 0.800. The van der Waals surface area contributed by atoms with E-state index >= 15 is 0 Å². The van der Waals surface area contributed by atoms with Crippen LogP contribution < -0.4 is 11.1 Å². The van der Waals surface area contributed by atoms with E-state index in [4.69, 9.17) is 10.5 Å². The molecule has 3 N–H and O–H groups in total. The van der Waals surface area contributed by atoms with Crippen molar-refractivity contribution >= 4 is 12.0 Å². The van der Waals surface area contributed by atoms with E-state index in [1.165, 1.54) is 0 Å². The van der Waals surface area contributed by atoms with Crippen LogP contribution in [0.2, 0.25) is 0 Å². The van der Waals surface area contributed by atoms with Gasteiger partial charge in [-0.2, -0.15) is 0 Å². The zero-order valence-electron chi connectivity index (χ0n) is 9.42. The van der Waals surface area contributed by atoms with Crippen LogP contribution >= 0.6 is 0 Å². The highest BCUT2D eigenvalue weighted by molar-refractivity contribution is 5.84. The van der Waals surface area contributed by atoms with Crippen molar-refractivity contribution in [2.24, 2.45) is 11.1 Å². The average molecular weight is 214 g/mol. The Hall–Kier alpha value is -1.26. The highest BCUT2D eigenvalue weighted by Gasteiger charge is 2.48. The van der Waals surface area contributed by atoms with Gasteiger partial charge < -0.3 is 15.8 Å². The molecular formula is C10H18N2O3. The Labute approximate surface area is 89.3 Å². The van der Waals surface area contributed by atoms with Crippen LogP contribution in [-0.4, -0.2) is 24.1 Å². The predicted octanol–water partition coefficient (Wildman–Crippen LogP) is 0.777. The van der Waals surface area contributed by atoms with Crippen LogP contribution in [0, 0.1) is 5.41 Å². The molecule has 0 heterocycles. The number of alkyl carbamates (subject to hydrolysis) is 1. The smallest absolute Gasteiger partial charge is 0.407 e. The molecule has 0 spiro atoms. The summed E-state index contributed by atoms with van der Waals surface area (Å²) in [5.74, 6) is -0.349. The normalized spacial score (nSPS) is 18.1. The van der Waals surface area contributed by atoms with E-state index in [9.17, 15) is 9.59 Å². The molecular weight excluding hydrogens is 196 g/mol. The van der Waals surface area contributed by atoms with Crippen LogP contribution in [-0.2, 0) is 9.53 Å². The molecule has 0 aromatic rings. The quantitative estimate of drug-likeness (QED) is 0.728. The molecule has 0 radical (unpaired) electrons. The number of rotatable bonds is 3. The summed E-state index contributed by atoms with van der Waals surface area (Å²) < 4.78 is 5.04. The number of ether oxygens (including phenoxy) is 1. The molecule has 1 fully saturated rings.